The molecule has 0 amide bonds. The third kappa shape index (κ3) is 2.89. The van der Waals surface area contributed by atoms with Crippen molar-refractivity contribution in [3.8, 4) is 0 Å². The largest absolute Gasteiger partial charge is 0.387 e. The molecule has 2 aromatic rings. The second-order valence-corrected chi connectivity index (χ2v) is 4.64. The Morgan fingerprint density at radius 1 is 1.29 bits per heavy atom. The highest BCUT2D eigenvalue weighted by atomic mass is 32.1. The van der Waals surface area contributed by atoms with E-state index in [0.29, 0.717) is 6.42 Å². The van der Waals surface area contributed by atoms with Crippen LogP contribution in [-0.4, -0.2) is 10.0 Å². The Hall–Kier alpha value is -1.72. The van der Waals surface area contributed by atoms with Gasteiger partial charge >= 0.3 is 0 Å². The van der Waals surface area contributed by atoms with Gasteiger partial charge in [0.05, 0.1) is 11.0 Å². The van der Waals surface area contributed by atoms with E-state index >= 15 is 0 Å². The Kier molecular flexibility index (Phi) is 3.51. The van der Waals surface area contributed by atoms with Gasteiger partial charge in [0.2, 0.25) is 0 Å². The lowest BCUT2D eigenvalue weighted by molar-refractivity contribution is -0.384. The molecule has 0 saturated heterocycles. The fourth-order valence-corrected chi connectivity index (χ4v) is 2.27. The van der Waals surface area contributed by atoms with Crippen molar-refractivity contribution in [2.45, 2.75) is 12.5 Å². The monoisotopic (exact) mass is 249 g/mol. The van der Waals surface area contributed by atoms with Crippen molar-refractivity contribution in [1.82, 2.24) is 0 Å². The SMILES string of the molecule is O=[N+]([O-])c1ccc(CC(O)c2cccs2)cc1. The van der Waals surface area contributed by atoms with Crippen LogP contribution < -0.4 is 0 Å². The quantitative estimate of drug-likeness (QED) is 0.669. The molecule has 5 heteroatoms. The first kappa shape index (κ1) is 11.8. The standard InChI is InChI=1S/C12H11NO3S/c14-11(12-2-1-7-17-12)8-9-3-5-10(6-4-9)13(15)16/h1-7,11,14H,8H2. The maximum atomic E-state index is 10.5. The lowest BCUT2D eigenvalue weighted by atomic mass is 10.1. The van der Waals surface area contributed by atoms with Crippen molar-refractivity contribution in [3.63, 3.8) is 0 Å². The zero-order valence-corrected chi connectivity index (χ0v) is 9.76. The zero-order valence-electron chi connectivity index (χ0n) is 8.95. The lowest BCUT2D eigenvalue weighted by Gasteiger charge is -2.07. The van der Waals surface area contributed by atoms with Gasteiger partial charge in [-0.1, -0.05) is 18.2 Å². The molecule has 2 rings (SSSR count). The minimum atomic E-state index is -0.545. The van der Waals surface area contributed by atoms with Gasteiger partial charge in [-0.25, -0.2) is 0 Å². The molecule has 88 valence electrons. The zero-order chi connectivity index (χ0) is 12.3. The van der Waals surface area contributed by atoms with Gasteiger partial charge in [-0.15, -0.1) is 11.3 Å². The molecule has 1 atom stereocenters. The summed E-state index contributed by atoms with van der Waals surface area (Å²) in [5.74, 6) is 0. The van der Waals surface area contributed by atoms with E-state index in [1.54, 1.807) is 12.1 Å². The summed E-state index contributed by atoms with van der Waals surface area (Å²) in [5, 5.41) is 22.3. The molecule has 0 aliphatic rings. The maximum Gasteiger partial charge on any atom is 0.269 e. The number of nitro benzene ring substituents is 1. The van der Waals surface area contributed by atoms with Gasteiger partial charge < -0.3 is 5.11 Å². The lowest BCUT2D eigenvalue weighted by Crippen LogP contribution is -1.99. The topological polar surface area (TPSA) is 63.4 Å². The average Bonchev–Trinajstić information content (AvgIpc) is 2.83. The molecular weight excluding hydrogens is 238 g/mol. The Morgan fingerprint density at radius 2 is 2.00 bits per heavy atom. The molecule has 1 heterocycles. The van der Waals surface area contributed by atoms with E-state index in [2.05, 4.69) is 0 Å². The highest BCUT2D eigenvalue weighted by Crippen LogP contribution is 2.23. The summed E-state index contributed by atoms with van der Waals surface area (Å²) in [5.41, 5.74) is 0.955. The van der Waals surface area contributed by atoms with Crippen molar-refractivity contribution < 1.29 is 10.0 Å². The number of hydrogen-bond donors (Lipinski definition) is 1. The van der Waals surface area contributed by atoms with E-state index in [0.717, 1.165) is 10.4 Å². The van der Waals surface area contributed by atoms with E-state index in [1.807, 2.05) is 17.5 Å². The first-order valence-electron chi connectivity index (χ1n) is 5.11. The van der Waals surface area contributed by atoms with Crippen molar-refractivity contribution in [2.75, 3.05) is 0 Å². The van der Waals surface area contributed by atoms with Crippen LogP contribution in [0.1, 0.15) is 16.5 Å². The predicted octanol–water partition coefficient (Wildman–Crippen LogP) is 2.93. The second kappa shape index (κ2) is 5.07. The van der Waals surface area contributed by atoms with E-state index in [-0.39, 0.29) is 5.69 Å². The Labute approximate surface area is 102 Å². The number of aliphatic hydroxyl groups is 1. The predicted molar refractivity (Wildman–Crippen MR) is 66.1 cm³/mol. The summed E-state index contributed by atoms with van der Waals surface area (Å²) in [7, 11) is 0. The average molecular weight is 249 g/mol. The van der Waals surface area contributed by atoms with Crippen LogP contribution in [0.5, 0.6) is 0 Å². The van der Waals surface area contributed by atoms with E-state index in [1.165, 1.54) is 23.5 Å². The summed E-state index contributed by atoms with van der Waals surface area (Å²) >= 11 is 1.50. The third-order valence-electron chi connectivity index (χ3n) is 2.45. The molecule has 0 aliphatic carbocycles. The Balaban J connectivity index is 2.06. The van der Waals surface area contributed by atoms with Gasteiger partial charge in [-0.05, 0) is 17.0 Å². The summed E-state index contributed by atoms with van der Waals surface area (Å²) in [4.78, 5) is 11.0. The summed E-state index contributed by atoms with van der Waals surface area (Å²) in [6.07, 6.45) is -0.0742. The van der Waals surface area contributed by atoms with Crippen LogP contribution in [-0.2, 0) is 6.42 Å². The van der Waals surface area contributed by atoms with E-state index < -0.39 is 11.0 Å². The number of rotatable bonds is 4. The molecule has 1 N–H and O–H groups in total. The van der Waals surface area contributed by atoms with Crippen LogP contribution >= 0.6 is 11.3 Å². The van der Waals surface area contributed by atoms with Crippen molar-refractivity contribution in [2.24, 2.45) is 0 Å². The summed E-state index contributed by atoms with van der Waals surface area (Å²) in [6, 6.07) is 10.0. The van der Waals surface area contributed by atoms with Gasteiger partial charge in [-0.2, -0.15) is 0 Å². The molecule has 0 fully saturated rings. The molecule has 1 aromatic heterocycles. The molecular formula is C12H11NO3S. The van der Waals surface area contributed by atoms with Crippen LogP contribution in [0.3, 0.4) is 0 Å². The smallest absolute Gasteiger partial charge is 0.269 e. The number of thiophene rings is 1. The van der Waals surface area contributed by atoms with Gasteiger partial charge in [-0.3, -0.25) is 10.1 Å². The fraction of sp³-hybridized carbons (Fsp3) is 0.167. The Morgan fingerprint density at radius 3 is 2.53 bits per heavy atom. The molecule has 0 saturated carbocycles. The van der Waals surface area contributed by atoms with Crippen LogP contribution in [0.15, 0.2) is 41.8 Å². The number of nitro groups is 1. The van der Waals surface area contributed by atoms with Crippen molar-refractivity contribution in [3.05, 3.63) is 62.3 Å². The minimum Gasteiger partial charge on any atom is -0.387 e. The number of benzene rings is 1. The van der Waals surface area contributed by atoms with Gasteiger partial charge in [0.1, 0.15) is 0 Å². The molecule has 0 spiro atoms. The minimum absolute atomic E-state index is 0.0689. The van der Waals surface area contributed by atoms with Crippen molar-refractivity contribution in [1.29, 1.82) is 0 Å². The van der Waals surface area contributed by atoms with E-state index in [4.69, 9.17) is 0 Å². The maximum absolute atomic E-state index is 10.5. The number of aliphatic hydroxyl groups excluding tert-OH is 1. The highest BCUT2D eigenvalue weighted by Gasteiger charge is 2.10. The summed E-state index contributed by atoms with van der Waals surface area (Å²) < 4.78 is 0. The first-order chi connectivity index (χ1) is 8.16. The summed E-state index contributed by atoms with van der Waals surface area (Å²) in [6.45, 7) is 0. The van der Waals surface area contributed by atoms with Crippen LogP contribution in [0.25, 0.3) is 0 Å². The first-order valence-corrected chi connectivity index (χ1v) is 5.99. The van der Waals surface area contributed by atoms with Gasteiger partial charge in [0.25, 0.3) is 5.69 Å². The molecule has 1 unspecified atom stereocenters. The van der Waals surface area contributed by atoms with Gasteiger partial charge in [0.15, 0.2) is 0 Å². The molecule has 1 aromatic carbocycles. The number of non-ortho nitro benzene ring substituents is 1. The molecule has 4 nitrogen and oxygen atoms in total. The second-order valence-electron chi connectivity index (χ2n) is 3.66. The number of hydrogen-bond acceptors (Lipinski definition) is 4. The molecule has 0 bridgehead atoms. The molecule has 0 radical (unpaired) electrons. The van der Waals surface area contributed by atoms with E-state index in [9.17, 15) is 15.2 Å². The highest BCUT2D eigenvalue weighted by molar-refractivity contribution is 7.10. The third-order valence-corrected chi connectivity index (χ3v) is 3.42. The molecule has 0 aliphatic heterocycles. The normalized spacial score (nSPS) is 12.3. The van der Waals surface area contributed by atoms with Gasteiger partial charge in [0, 0.05) is 23.4 Å². The van der Waals surface area contributed by atoms with Crippen LogP contribution in [0.4, 0.5) is 5.69 Å². The fourth-order valence-electron chi connectivity index (χ4n) is 1.56. The molecule has 17 heavy (non-hydrogen) atoms. The number of nitrogens with zero attached hydrogens (tertiary/aromatic N) is 1. The Bertz CT molecular complexity index is 493. The van der Waals surface area contributed by atoms with Crippen molar-refractivity contribution >= 4 is 17.0 Å². The van der Waals surface area contributed by atoms with Crippen LogP contribution in [0.2, 0.25) is 0 Å². The van der Waals surface area contributed by atoms with Crippen LogP contribution in [0, 0.1) is 10.1 Å².